The first kappa shape index (κ1) is 13.1. The third-order valence-corrected chi connectivity index (χ3v) is 3.77. The van der Waals surface area contributed by atoms with Crippen LogP contribution in [0.3, 0.4) is 0 Å². The van der Waals surface area contributed by atoms with Gasteiger partial charge >= 0.3 is 5.97 Å². The fraction of sp³-hybridized carbons (Fsp3) is 0.533. The van der Waals surface area contributed by atoms with E-state index in [1.165, 1.54) is 5.56 Å². The summed E-state index contributed by atoms with van der Waals surface area (Å²) >= 11 is 0. The second-order valence-corrected chi connectivity index (χ2v) is 5.33. The van der Waals surface area contributed by atoms with E-state index in [0.29, 0.717) is 0 Å². The summed E-state index contributed by atoms with van der Waals surface area (Å²) in [5, 5.41) is 12.8. The molecule has 2 rings (SSSR count). The van der Waals surface area contributed by atoms with E-state index in [-0.39, 0.29) is 6.04 Å². The lowest BCUT2D eigenvalue weighted by atomic mass is 9.95. The number of nitrogens with one attached hydrogen (secondary N) is 1. The van der Waals surface area contributed by atoms with Gasteiger partial charge in [-0.25, -0.2) is 0 Å². The highest BCUT2D eigenvalue weighted by atomic mass is 16.4. The number of hydrogen-bond acceptors (Lipinski definition) is 2. The lowest BCUT2D eigenvalue weighted by molar-refractivity contribution is -0.145. The number of benzene rings is 1. The Kier molecular flexibility index (Phi) is 4.02. The van der Waals surface area contributed by atoms with Gasteiger partial charge in [-0.15, -0.1) is 0 Å². The molecule has 1 aliphatic carbocycles. The summed E-state index contributed by atoms with van der Waals surface area (Å²) in [6, 6.07) is 10.4. The van der Waals surface area contributed by atoms with Gasteiger partial charge in [-0.05, 0) is 31.7 Å². The van der Waals surface area contributed by atoms with Crippen LogP contribution in [0.15, 0.2) is 30.3 Å². The Morgan fingerprint density at radius 1 is 1.33 bits per heavy atom. The minimum absolute atomic E-state index is 0.182. The molecule has 0 bridgehead atoms. The second-order valence-electron chi connectivity index (χ2n) is 5.33. The third-order valence-electron chi connectivity index (χ3n) is 3.77. The Balaban J connectivity index is 1.98. The van der Waals surface area contributed by atoms with Crippen molar-refractivity contribution in [2.24, 2.45) is 0 Å². The van der Waals surface area contributed by atoms with Crippen molar-refractivity contribution in [3.05, 3.63) is 35.9 Å². The lowest BCUT2D eigenvalue weighted by Crippen LogP contribution is -2.53. The van der Waals surface area contributed by atoms with E-state index >= 15 is 0 Å². The lowest BCUT2D eigenvalue weighted by Gasteiger charge is -2.29. The van der Waals surface area contributed by atoms with Gasteiger partial charge in [-0.1, -0.05) is 43.2 Å². The van der Waals surface area contributed by atoms with Crippen LogP contribution in [-0.2, 0) is 11.2 Å². The Hall–Kier alpha value is -1.35. The number of aliphatic carboxylic acids is 1. The maximum absolute atomic E-state index is 11.4. The van der Waals surface area contributed by atoms with E-state index in [1.54, 1.807) is 0 Å². The fourth-order valence-corrected chi connectivity index (χ4v) is 2.89. The molecule has 3 nitrogen and oxygen atoms in total. The molecule has 98 valence electrons. The molecule has 18 heavy (non-hydrogen) atoms. The predicted molar refractivity (Wildman–Crippen MR) is 71.6 cm³/mol. The Morgan fingerprint density at radius 3 is 2.50 bits per heavy atom. The standard InChI is InChI=1S/C15H21NO2/c1-12(11-13-7-3-2-4-8-13)16-15(14(17)18)9-5-6-10-15/h2-4,7-8,12,16H,5-6,9-11H2,1H3,(H,17,18). The molecule has 1 aromatic rings. The van der Waals surface area contributed by atoms with Crippen molar-refractivity contribution in [3.63, 3.8) is 0 Å². The van der Waals surface area contributed by atoms with E-state index in [1.807, 2.05) is 18.2 Å². The molecule has 0 amide bonds. The van der Waals surface area contributed by atoms with Crippen molar-refractivity contribution in [2.45, 2.75) is 50.6 Å². The Bertz CT molecular complexity index is 396. The topological polar surface area (TPSA) is 49.3 Å². The van der Waals surface area contributed by atoms with Gasteiger partial charge in [0, 0.05) is 6.04 Å². The summed E-state index contributed by atoms with van der Waals surface area (Å²) in [6.07, 6.45) is 4.40. The van der Waals surface area contributed by atoms with E-state index in [9.17, 15) is 9.90 Å². The first-order chi connectivity index (χ1) is 8.62. The zero-order valence-corrected chi connectivity index (χ0v) is 10.9. The number of rotatable bonds is 5. The van der Waals surface area contributed by atoms with Crippen molar-refractivity contribution >= 4 is 5.97 Å². The minimum atomic E-state index is -0.695. The van der Waals surface area contributed by atoms with Gasteiger partial charge in [-0.2, -0.15) is 0 Å². The smallest absolute Gasteiger partial charge is 0.323 e. The number of carboxylic acids is 1. The van der Waals surface area contributed by atoms with Crippen LogP contribution in [0, 0.1) is 0 Å². The van der Waals surface area contributed by atoms with Crippen LogP contribution in [-0.4, -0.2) is 22.7 Å². The van der Waals surface area contributed by atoms with Crippen molar-refractivity contribution in [1.29, 1.82) is 0 Å². The first-order valence-corrected chi connectivity index (χ1v) is 6.67. The van der Waals surface area contributed by atoms with Crippen molar-refractivity contribution in [3.8, 4) is 0 Å². The van der Waals surface area contributed by atoms with E-state index in [4.69, 9.17) is 0 Å². The molecule has 0 aromatic heterocycles. The molecule has 0 aliphatic heterocycles. The van der Waals surface area contributed by atoms with Crippen LogP contribution in [0.25, 0.3) is 0 Å². The zero-order valence-electron chi connectivity index (χ0n) is 10.9. The molecule has 1 aliphatic rings. The molecule has 1 saturated carbocycles. The molecular formula is C15H21NO2. The molecule has 0 saturated heterocycles. The maximum Gasteiger partial charge on any atom is 0.323 e. The average molecular weight is 247 g/mol. The molecule has 1 unspecified atom stereocenters. The van der Waals surface area contributed by atoms with Gasteiger partial charge < -0.3 is 5.11 Å². The zero-order chi connectivity index (χ0) is 13.0. The highest BCUT2D eigenvalue weighted by Crippen LogP contribution is 2.30. The Morgan fingerprint density at radius 2 is 1.94 bits per heavy atom. The molecule has 0 heterocycles. The van der Waals surface area contributed by atoms with Crippen molar-refractivity contribution in [1.82, 2.24) is 5.32 Å². The molecule has 3 heteroatoms. The molecule has 2 N–H and O–H groups in total. The quantitative estimate of drug-likeness (QED) is 0.841. The van der Waals surface area contributed by atoms with Crippen LogP contribution in [0.4, 0.5) is 0 Å². The average Bonchev–Trinajstić information content (AvgIpc) is 2.80. The largest absolute Gasteiger partial charge is 0.480 e. The molecule has 1 atom stereocenters. The van der Waals surface area contributed by atoms with Gasteiger partial charge in [-0.3, -0.25) is 10.1 Å². The highest BCUT2D eigenvalue weighted by molar-refractivity contribution is 5.79. The van der Waals surface area contributed by atoms with Gasteiger partial charge in [0.25, 0.3) is 0 Å². The fourth-order valence-electron chi connectivity index (χ4n) is 2.89. The van der Waals surface area contributed by atoms with Crippen molar-refractivity contribution in [2.75, 3.05) is 0 Å². The van der Waals surface area contributed by atoms with Gasteiger partial charge in [0.15, 0.2) is 0 Å². The summed E-state index contributed by atoms with van der Waals surface area (Å²) in [7, 11) is 0. The number of hydrogen-bond donors (Lipinski definition) is 2. The third kappa shape index (κ3) is 2.91. The Labute approximate surface area is 108 Å². The summed E-state index contributed by atoms with van der Waals surface area (Å²) in [4.78, 5) is 11.4. The molecular weight excluding hydrogens is 226 g/mol. The summed E-state index contributed by atoms with van der Waals surface area (Å²) in [5.41, 5.74) is 0.560. The molecule has 0 spiro atoms. The van der Waals surface area contributed by atoms with Crippen LogP contribution in [0.5, 0.6) is 0 Å². The van der Waals surface area contributed by atoms with Crippen LogP contribution in [0.2, 0.25) is 0 Å². The van der Waals surface area contributed by atoms with Crippen LogP contribution < -0.4 is 5.32 Å². The van der Waals surface area contributed by atoms with Crippen LogP contribution in [0.1, 0.15) is 38.2 Å². The van der Waals surface area contributed by atoms with E-state index in [0.717, 1.165) is 32.1 Å². The summed E-state index contributed by atoms with van der Waals surface area (Å²) in [5.74, 6) is -0.695. The monoisotopic (exact) mass is 247 g/mol. The molecule has 1 fully saturated rings. The first-order valence-electron chi connectivity index (χ1n) is 6.67. The number of carbonyl (C=O) groups is 1. The van der Waals surface area contributed by atoms with Crippen molar-refractivity contribution < 1.29 is 9.90 Å². The SMILES string of the molecule is CC(Cc1ccccc1)NC1(C(=O)O)CCCC1. The van der Waals surface area contributed by atoms with E-state index in [2.05, 4.69) is 24.4 Å². The minimum Gasteiger partial charge on any atom is -0.480 e. The summed E-state index contributed by atoms with van der Waals surface area (Å²) < 4.78 is 0. The maximum atomic E-state index is 11.4. The van der Waals surface area contributed by atoms with E-state index < -0.39 is 11.5 Å². The summed E-state index contributed by atoms with van der Waals surface area (Å²) in [6.45, 7) is 2.07. The van der Waals surface area contributed by atoms with Gasteiger partial charge in [0.05, 0.1) is 0 Å². The second kappa shape index (κ2) is 5.53. The molecule has 1 aromatic carbocycles. The predicted octanol–water partition coefficient (Wildman–Crippen LogP) is 2.60. The highest BCUT2D eigenvalue weighted by Gasteiger charge is 2.41. The number of carboxylic acid groups (broad SMARTS) is 1. The van der Waals surface area contributed by atoms with Gasteiger partial charge in [0.2, 0.25) is 0 Å². The molecule has 0 radical (unpaired) electrons. The van der Waals surface area contributed by atoms with Crippen LogP contribution >= 0.6 is 0 Å². The normalized spacial score (nSPS) is 19.6. The van der Waals surface area contributed by atoms with Gasteiger partial charge in [0.1, 0.15) is 5.54 Å².